The van der Waals surface area contributed by atoms with Crippen LogP contribution in [0.5, 0.6) is 0 Å². The Bertz CT molecular complexity index is 464. The zero-order valence-electron chi connectivity index (χ0n) is 11.3. The molecule has 3 nitrogen and oxygen atoms in total. The molecule has 1 aliphatic heterocycles. The van der Waals surface area contributed by atoms with Crippen LogP contribution >= 0.6 is 28.1 Å². The molecule has 110 valence electrons. The zero-order valence-corrected chi connectivity index (χ0v) is 13.7. The zero-order chi connectivity index (χ0) is 14.4. The maximum Gasteiger partial charge on any atom is 0.170 e. The normalized spacial score (nSPS) is 15.3. The number of thiocarbonyl (C=S) groups is 1. The molecule has 0 aromatic heterocycles. The summed E-state index contributed by atoms with van der Waals surface area (Å²) in [6, 6.07) is 4.86. The Kier molecular flexibility index (Phi) is 6.19. The van der Waals surface area contributed by atoms with E-state index in [4.69, 9.17) is 12.2 Å². The van der Waals surface area contributed by atoms with Crippen LogP contribution in [-0.4, -0.2) is 36.2 Å². The van der Waals surface area contributed by atoms with E-state index in [1.165, 1.54) is 32.0 Å². The average molecular weight is 360 g/mol. The van der Waals surface area contributed by atoms with Gasteiger partial charge < -0.3 is 15.5 Å². The summed E-state index contributed by atoms with van der Waals surface area (Å²) in [5, 5.41) is 6.45. The molecular formula is C14H19BrFN3S. The van der Waals surface area contributed by atoms with Gasteiger partial charge >= 0.3 is 0 Å². The van der Waals surface area contributed by atoms with E-state index in [9.17, 15) is 4.39 Å². The van der Waals surface area contributed by atoms with Gasteiger partial charge in [0.1, 0.15) is 5.82 Å². The van der Waals surface area contributed by atoms with Crippen LogP contribution in [0.3, 0.4) is 0 Å². The predicted octanol–water partition coefficient (Wildman–Crippen LogP) is 3.36. The van der Waals surface area contributed by atoms with Gasteiger partial charge in [0.2, 0.25) is 0 Å². The molecule has 20 heavy (non-hydrogen) atoms. The first kappa shape index (κ1) is 15.7. The molecule has 0 unspecified atom stereocenters. The number of likely N-dealkylation sites (tertiary alicyclic amines) is 1. The average Bonchev–Trinajstić information content (AvgIpc) is 2.91. The molecule has 1 heterocycles. The Morgan fingerprint density at radius 2 is 2.10 bits per heavy atom. The highest BCUT2D eigenvalue weighted by Crippen LogP contribution is 2.19. The molecule has 6 heteroatoms. The van der Waals surface area contributed by atoms with E-state index in [0.29, 0.717) is 15.3 Å². The summed E-state index contributed by atoms with van der Waals surface area (Å²) in [7, 11) is 0. The summed E-state index contributed by atoms with van der Waals surface area (Å²) >= 11 is 8.39. The maximum absolute atomic E-state index is 13.6. The van der Waals surface area contributed by atoms with Gasteiger partial charge in [0.05, 0.1) is 5.69 Å². The van der Waals surface area contributed by atoms with Gasteiger partial charge in [-0.1, -0.05) is 15.9 Å². The summed E-state index contributed by atoms with van der Waals surface area (Å²) in [6.07, 6.45) is 3.68. The fraction of sp³-hybridized carbons (Fsp3) is 0.500. The first-order valence-corrected chi connectivity index (χ1v) is 8.07. The molecule has 1 aliphatic rings. The van der Waals surface area contributed by atoms with Crippen LogP contribution in [-0.2, 0) is 0 Å². The van der Waals surface area contributed by atoms with Crippen molar-refractivity contribution < 1.29 is 4.39 Å². The Morgan fingerprint density at radius 3 is 2.80 bits per heavy atom. The Hall–Kier alpha value is -0.720. The van der Waals surface area contributed by atoms with Crippen LogP contribution in [0, 0.1) is 5.82 Å². The monoisotopic (exact) mass is 359 g/mol. The highest BCUT2D eigenvalue weighted by Gasteiger charge is 2.10. The molecule has 0 spiro atoms. The number of halogens is 2. The largest absolute Gasteiger partial charge is 0.362 e. The standard InChI is InChI=1S/C14H19BrFN3S/c15-11-4-5-13(12(16)10-11)18-14(20)17-6-3-9-19-7-1-2-8-19/h4-5,10H,1-3,6-9H2,(H2,17,18,20). The molecule has 0 aliphatic carbocycles. The predicted molar refractivity (Wildman–Crippen MR) is 88.6 cm³/mol. The molecule has 0 atom stereocenters. The van der Waals surface area contributed by atoms with Gasteiger partial charge in [-0.3, -0.25) is 0 Å². The third-order valence-electron chi connectivity index (χ3n) is 3.31. The molecule has 0 amide bonds. The third-order valence-corrected chi connectivity index (χ3v) is 4.05. The van der Waals surface area contributed by atoms with Crippen LogP contribution in [0.4, 0.5) is 10.1 Å². The summed E-state index contributed by atoms with van der Waals surface area (Å²) < 4.78 is 14.3. The third kappa shape index (κ3) is 5.00. The van der Waals surface area contributed by atoms with Gasteiger partial charge in [-0.25, -0.2) is 4.39 Å². The van der Waals surface area contributed by atoms with Crippen LogP contribution < -0.4 is 10.6 Å². The SMILES string of the molecule is Fc1cc(Br)ccc1NC(=S)NCCCN1CCCC1. The lowest BCUT2D eigenvalue weighted by molar-refractivity contribution is 0.334. The van der Waals surface area contributed by atoms with E-state index in [1.54, 1.807) is 12.1 Å². The molecule has 2 N–H and O–H groups in total. The lowest BCUT2D eigenvalue weighted by Gasteiger charge is -2.15. The van der Waals surface area contributed by atoms with E-state index >= 15 is 0 Å². The number of hydrogen-bond donors (Lipinski definition) is 2. The number of hydrogen-bond acceptors (Lipinski definition) is 2. The van der Waals surface area contributed by atoms with E-state index < -0.39 is 0 Å². The van der Waals surface area contributed by atoms with Crippen molar-refractivity contribution in [1.82, 2.24) is 10.2 Å². The molecular weight excluding hydrogens is 341 g/mol. The number of rotatable bonds is 5. The van der Waals surface area contributed by atoms with Gasteiger partial charge in [0, 0.05) is 11.0 Å². The number of nitrogens with zero attached hydrogens (tertiary/aromatic N) is 1. The van der Waals surface area contributed by atoms with Crippen molar-refractivity contribution in [3.63, 3.8) is 0 Å². The van der Waals surface area contributed by atoms with Gasteiger partial charge in [0.25, 0.3) is 0 Å². The second-order valence-electron chi connectivity index (χ2n) is 4.91. The fourth-order valence-electron chi connectivity index (χ4n) is 2.27. The number of benzene rings is 1. The van der Waals surface area contributed by atoms with Crippen molar-refractivity contribution >= 4 is 38.9 Å². The Labute approximate surface area is 133 Å². The summed E-state index contributed by atoms with van der Waals surface area (Å²) in [5.74, 6) is -0.319. The highest BCUT2D eigenvalue weighted by molar-refractivity contribution is 9.10. The lowest BCUT2D eigenvalue weighted by Crippen LogP contribution is -2.31. The number of nitrogens with one attached hydrogen (secondary N) is 2. The van der Waals surface area contributed by atoms with Crippen molar-refractivity contribution in [3.8, 4) is 0 Å². The quantitative estimate of drug-likeness (QED) is 0.622. The minimum Gasteiger partial charge on any atom is -0.362 e. The Balaban J connectivity index is 1.67. The van der Waals surface area contributed by atoms with Crippen molar-refractivity contribution in [2.45, 2.75) is 19.3 Å². The van der Waals surface area contributed by atoms with Gasteiger partial charge in [-0.05, 0) is 69.3 Å². The first-order valence-electron chi connectivity index (χ1n) is 6.87. The fourth-order valence-corrected chi connectivity index (χ4v) is 2.81. The summed E-state index contributed by atoms with van der Waals surface area (Å²) in [5.41, 5.74) is 0.394. The second kappa shape index (κ2) is 7.90. The van der Waals surface area contributed by atoms with E-state index in [-0.39, 0.29) is 5.82 Å². The van der Waals surface area contributed by atoms with Crippen LogP contribution in [0.25, 0.3) is 0 Å². The lowest BCUT2D eigenvalue weighted by atomic mass is 10.3. The maximum atomic E-state index is 13.6. The molecule has 2 rings (SSSR count). The summed E-state index contributed by atoms with van der Waals surface area (Å²) in [4.78, 5) is 2.46. The van der Waals surface area contributed by atoms with E-state index in [2.05, 4.69) is 31.5 Å². The molecule has 0 radical (unpaired) electrons. The topological polar surface area (TPSA) is 27.3 Å². The number of anilines is 1. The molecule has 0 bridgehead atoms. The van der Waals surface area contributed by atoms with Crippen molar-refractivity contribution in [1.29, 1.82) is 0 Å². The molecule has 1 aromatic rings. The van der Waals surface area contributed by atoms with Gasteiger partial charge in [0.15, 0.2) is 5.11 Å². The molecule has 0 saturated carbocycles. The molecule has 1 fully saturated rings. The van der Waals surface area contributed by atoms with Crippen molar-refractivity contribution in [3.05, 3.63) is 28.5 Å². The van der Waals surface area contributed by atoms with Gasteiger partial charge in [-0.2, -0.15) is 0 Å². The van der Waals surface area contributed by atoms with Crippen molar-refractivity contribution in [2.75, 3.05) is 31.5 Å². The Morgan fingerprint density at radius 1 is 1.35 bits per heavy atom. The molecule has 1 aromatic carbocycles. The summed E-state index contributed by atoms with van der Waals surface area (Å²) in [6.45, 7) is 4.34. The second-order valence-corrected chi connectivity index (χ2v) is 6.23. The van der Waals surface area contributed by atoms with Crippen LogP contribution in [0.2, 0.25) is 0 Å². The van der Waals surface area contributed by atoms with Crippen LogP contribution in [0.15, 0.2) is 22.7 Å². The van der Waals surface area contributed by atoms with Gasteiger partial charge in [-0.15, -0.1) is 0 Å². The van der Waals surface area contributed by atoms with E-state index in [0.717, 1.165) is 19.5 Å². The highest BCUT2D eigenvalue weighted by atomic mass is 79.9. The minimum absolute atomic E-state index is 0.319. The smallest absolute Gasteiger partial charge is 0.170 e. The van der Waals surface area contributed by atoms with E-state index in [1.807, 2.05) is 0 Å². The first-order chi connectivity index (χ1) is 9.65. The van der Waals surface area contributed by atoms with Crippen LogP contribution in [0.1, 0.15) is 19.3 Å². The minimum atomic E-state index is -0.319. The van der Waals surface area contributed by atoms with Crippen molar-refractivity contribution in [2.24, 2.45) is 0 Å². The molecule has 1 saturated heterocycles.